The molecule has 0 saturated carbocycles. The molecule has 0 atom stereocenters. The Bertz CT molecular complexity index is 338. The molecule has 0 aliphatic carbocycles. The van der Waals surface area contributed by atoms with Crippen molar-refractivity contribution in [2.45, 2.75) is 13.3 Å². The maximum absolute atomic E-state index is 8.66. The fourth-order valence-corrected chi connectivity index (χ4v) is 1.73. The summed E-state index contributed by atoms with van der Waals surface area (Å²) >= 11 is 1.48. The van der Waals surface area contributed by atoms with E-state index in [1.165, 1.54) is 11.3 Å². The van der Waals surface area contributed by atoms with Crippen LogP contribution in [0, 0.1) is 22.7 Å². The minimum atomic E-state index is 0.509. The van der Waals surface area contributed by atoms with Crippen molar-refractivity contribution in [1.82, 2.24) is 0 Å². The van der Waals surface area contributed by atoms with Gasteiger partial charge in [-0.05, 0) is 6.42 Å². The molecule has 0 amide bonds. The van der Waals surface area contributed by atoms with Crippen molar-refractivity contribution in [1.29, 1.82) is 10.5 Å². The monoisotopic (exact) mass is 162 g/mol. The van der Waals surface area contributed by atoms with E-state index in [0.29, 0.717) is 11.1 Å². The molecule has 1 aromatic rings. The molecule has 54 valence electrons. The normalized spacial score (nSPS) is 8.64. The second-order valence-corrected chi connectivity index (χ2v) is 2.99. The molecule has 1 heterocycles. The summed E-state index contributed by atoms with van der Waals surface area (Å²) in [4.78, 5) is 1.00. The molecule has 0 fully saturated rings. The van der Waals surface area contributed by atoms with Crippen LogP contribution < -0.4 is 0 Å². The van der Waals surface area contributed by atoms with Crippen LogP contribution in [0.1, 0.15) is 22.9 Å². The quantitative estimate of drug-likeness (QED) is 0.634. The summed E-state index contributed by atoms with van der Waals surface area (Å²) in [5, 5.41) is 19.0. The number of nitrogens with zero attached hydrogens (tertiary/aromatic N) is 2. The SMILES string of the molecule is CCc1scc(C#N)c1C#N. The molecule has 3 heteroatoms. The van der Waals surface area contributed by atoms with Gasteiger partial charge in [-0.1, -0.05) is 6.92 Å². The maximum atomic E-state index is 8.66. The molecule has 0 N–H and O–H groups in total. The Morgan fingerprint density at radius 1 is 1.45 bits per heavy atom. The molecular weight excluding hydrogens is 156 g/mol. The van der Waals surface area contributed by atoms with Gasteiger partial charge in [-0.25, -0.2) is 0 Å². The Kier molecular flexibility index (Phi) is 2.25. The lowest BCUT2D eigenvalue weighted by molar-refractivity contribution is 1.17. The van der Waals surface area contributed by atoms with Crippen LogP contribution in [0.4, 0.5) is 0 Å². The summed E-state index contributed by atoms with van der Waals surface area (Å²) in [5.74, 6) is 0. The van der Waals surface area contributed by atoms with Crippen molar-refractivity contribution in [3.8, 4) is 12.1 Å². The molecule has 2 nitrogen and oxygen atoms in total. The third-order valence-corrected chi connectivity index (χ3v) is 2.55. The molecule has 1 rings (SSSR count). The first-order valence-corrected chi connectivity index (χ1v) is 4.12. The summed E-state index contributed by atoms with van der Waals surface area (Å²) in [6.07, 6.45) is 0.829. The molecule has 0 unspecified atom stereocenters. The van der Waals surface area contributed by atoms with Crippen molar-refractivity contribution in [2.24, 2.45) is 0 Å². The maximum Gasteiger partial charge on any atom is 0.102 e. The highest BCUT2D eigenvalue weighted by Gasteiger charge is 2.07. The lowest BCUT2D eigenvalue weighted by Gasteiger charge is -1.87. The second kappa shape index (κ2) is 3.18. The van der Waals surface area contributed by atoms with E-state index >= 15 is 0 Å². The lowest BCUT2D eigenvalue weighted by Crippen LogP contribution is -1.81. The molecule has 0 radical (unpaired) electrons. The highest BCUT2D eigenvalue weighted by Crippen LogP contribution is 2.21. The molecule has 0 saturated heterocycles. The van der Waals surface area contributed by atoms with Crippen LogP contribution in [0.15, 0.2) is 5.38 Å². The third-order valence-electron chi connectivity index (χ3n) is 1.42. The van der Waals surface area contributed by atoms with Crippen molar-refractivity contribution < 1.29 is 0 Å². The Hall–Kier alpha value is -1.32. The summed E-state index contributed by atoms with van der Waals surface area (Å²) < 4.78 is 0. The van der Waals surface area contributed by atoms with Crippen LogP contribution >= 0.6 is 11.3 Å². The number of thiophene rings is 1. The largest absolute Gasteiger partial charge is 0.192 e. The number of nitriles is 2. The van der Waals surface area contributed by atoms with Crippen LogP contribution in [-0.2, 0) is 6.42 Å². The predicted molar refractivity (Wildman–Crippen MR) is 43.1 cm³/mol. The molecule has 0 spiro atoms. The number of hydrogen-bond acceptors (Lipinski definition) is 3. The average Bonchev–Trinajstić information content (AvgIpc) is 2.45. The second-order valence-electron chi connectivity index (χ2n) is 2.02. The van der Waals surface area contributed by atoms with E-state index in [1.54, 1.807) is 5.38 Å². The smallest absolute Gasteiger partial charge is 0.102 e. The molecule has 0 aromatic carbocycles. The summed E-state index contributed by atoms with van der Waals surface area (Å²) in [5.41, 5.74) is 1.06. The topological polar surface area (TPSA) is 47.6 Å². The Labute approximate surface area is 69.3 Å². The van der Waals surface area contributed by atoms with Gasteiger partial charge in [-0.15, -0.1) is 11.3 Å². The first kappa shape index (κ1) is 7.78. The van der Waals surface area contributed by atoms with E-state index < -0.39 is 0 Å². The number of hydrogen-bond donors (Lipinski definition) is 0. The van der Waals surface area contributed by atoms with Crippen LogP contribution in [-0.4, -0.2) is 0 Å². The van der Waals surface area contributed by atoms with Gasteiger partial charge < -0.3 is 0 Å². The molecule has 0 aliphatic rings. The van der Waals surface area contributed by atoms with Gasteiger partial charge in [-0.3, -0.25) is 0 Å². The Balaban J connectivity index is 3.26. The zero-order valence-electron chi connectivity index (χ0n) is 6.09. The first-order chi connectivity index (χ1) is 5.33. The van der Waals surface area contributed by atoms with E-state index in [-0.39, 0.29) is 0 Å². The Morgan fingerprint density at radius 3 is 2.64 bits per heavy atom. The number of rotatable bonds is 1. The third kappa shape index (κ3) is 1.24. The lowest BCUT2D eigenvalue weighted by atomic mass is 10.1. The highest BCUT2D eigenvalue weighted by molar-refractivity contribution is 7.10. The van der Waals surface area contributed by atoms with Gasteiger partial charge in [0.1, 0.15) is 12.1 Å². The molecular formula is C8H6N2S. The van der Waals surface area contributed by atoms with Crippen LogP contribution in [0.5, 0.6) is 0 Å². The molecule has 11 heavy (non-hydrogen) atoms. The summed E-state index contributed by atoms with van der Waals surface area (Å²) in [6.45, 7) is 1.98. The van der Waals surface area contributed by atoms with Crippen LogP contribution in [0.25, 0.3) is 0 Å². The van der Waals surface area contributed by atoms with Crippen molar-refractivity contribution in [3.05, 3.63) is 21.4 Å². The van der Waals surface area contributed by atoms with E-state index in [2.05, 4.69) is 0 Å². The number of aryl methyl sites for hydroxylation is 1. The van der Waals surface area contributed by atoms with Gasteiger partial charge in [0.15, 0.2) is 0 Å². The van der Waals surface area contributed by atoms with Gasteiger partial charge in [0, 0.05) is 10.3 Å². The summed E-state index contributed by atoms with van der Waals surface area (Å²) in [7, 11) is 0. The van der Waals surface area contributed by atoms with Gasteiger partial charge in [0.2, 0.25) is 0 Å². The standard InChI is InChI=1S/C8H6N2S/c1-2-8-7(4-10)6(3-9)5-11-8/h5H,2H2,1H3. The zero-order chi connectivity index (χ0) is 8.27. The van der Waals surface area contributed by atoms with Crippen molar-refractivity contribution >= 4 is 11.3 Å². The van der Waals surface area contributed by atoms with Gasteiger partial charge in [0.25, 0.3) is 0 Å². The van der Waals surface area contributed by atoms with Crippen molar-refractivity contribution in [3.63, 3.8) is 0 Å². The summed E-state index contributed by atoms with van der Waals surface area (Å²) in [6, 6.07) is 4.02. The van der Waals surface area contributed by atoms with Crippen molar-refractivity contribution in [2.75, 3.05) is 0 Å². The Morgan fingerprint density at radius 2 is 2.18 bits per heavy atom. The predicted octanol–water partition coefficient (Wildman–Crippen LogP) is 2.05. The van der Waals surface area contributed by atoms with Gasteiger partial charge >= 0.3 is 0 Å². The fraction of sp³-hybridized carbons (Fsp3) is 0.250. The molecule has 0 aliphatic heterocycles. The zero-order valence-corrected chi connectivity index (χ0v) is 6.90. The van der Waals surface area contributed by atoms with E-state index in [4.69, 9.17) is 10.5 Å². The van der Waals surface area contributed by atoms with E-state index in [0.717, 1.165) is 11.3 Å². The highest BCUT2D eigenvalue weighted by atomic mass is 32.1. The minimum Gasteiger partial charge on any atom is -0.192 e. The minimum absolute atomic E-state index is 0.509. The average molecular weight is 162 g/mol. The van der Waals surface area contributed by atoms with E-state index in [1.807, 2.05) is 19.1 Å². The van der Waals surface area contributed by atoms with Crippen LogP contribution in [0.2, 0.25) is 0 Å². The fourth-order valence-electron chi connectivity index (χ4n) is 0.863. The molecule has 1 aromatic heterocycles. The molecule has 0 bridgehead atoms. The van der Waals surface area contributed by atoms with Gasteiger partial charge in [-0.2, -0.15) is 10.5 Å². The van der Waals surface area contributed by atoms with Gasteiger partial charge in [0.05, 0.1) is 11.1 Å². The van der Waals surface area contributed by atoms with Crippen LogP contribution in [0.3, 0.4) is 0 Å². The first-order valence-electron chi connectivity index (χ1n) is 3.24. The van der Waals surface area contributed by atoms with E-state index in [9.17, 15) is 0 Å².